The number of aliphatic hydroxyl groups is 1. The Bertz CT molecular complexity index is 397. The maximum atomic E-state index is 12.6. The molecule has 0 aliphatic rings. The minimum atomic E-state index is -3.20. The maximum Gasteiger partial charge on any atom is 0.302 e. The lowest BCUT2D eigenvalue weighted by molar-refractivity contribution is -0.387. The molecular weight excluding hydrogens is 217 g/mol. The summed E-state index contributed by atoms with van der Waals surface area (Å²) in [6, 6.07) is 0.280. The van der Waals surface area contributed by atoms with E-state index in [9.17, 15) is 23.3 Å². The molecule has 8 heteroatoms. The van der Waals surface area contributed by atoms with E-state index in [-0.39, 0.29) is 6.07 Å². The molecule has 0 aromatic carbocycles. The van der Waals surface area contributed by atoms with Gasteiger partial charge in [-0.25, -0.2) is 13.8 Å². The quantitative estimate of drug-likeness (QED) is 0.478. The summed E-state index contributed by atoms with van der Waals surface area (Å²) >= 11 is 0. The Morgan fingerprint density at radius 1 is 1.60 bits per heavy atom. The van der Waals surface area contributed by atoms with Gasteiger partial charge < -0.3 is 5.11 Å². The van der Waals surface area contributed by atoms with Gasteiger partial charge in [-0.15, -0.1) is 0 Å². The summed E-state index contributed by atoms with van der Waals surface area (Å²) in [5, 5.41) is 19.0. The Hall–Kier alpha value is -1.70. The summed E-state index contributed by atoms with van der Waals surface area (Å²) in [4.78, 5) is 12.3. The zero-order valence-electron chi connectivity index (χ0n) is 7.15. The van der Waals surface area contributed by atoms with Crippen LogP contribution in [-0.4, -0.2) is 15.0 Å². The minimum Gasteiger partial charge on any atom is -0.390 e. The zero-order valence-corrected chi connectivity index (χ0v) is 7.15. The number of rotatable bonds is 3. The Labute approximate surface area is 81.3 Å². The summed E-state index contributed by atoms with van der Waals surface area (Å²) < 4.78 is 37.2. The van der Waals surface area contributed by atoms with Crippen molar-refractivity contribution in [2.45, 2.75) is 13.0 Å². The summed E-state index contributed by atoms with van der Waals surface area (Å²) in [7, 11) is 0. The van der Waals surface area contributed by atoms with Gasteiger partial charge in [0.15, 0.2) is 0 Å². The molecule has 0 aliphatic heterocycles. The Balaban J connectivity index is 3.47. The molecule has 1 N–H and O–H groups in total. The molecule has 0 aliphatic carbocycles. The third-order valence-corrected chi connectivity index (χ3v) is 1.63. The van der Waals surface area contributed by atoms with Crippen LogP contribution in [0.25, 0.3) is 0 Å². The van der Waals surface area contributed by atoms with Gasteiger partial charge in [0, 0.05) is 6.07 Å². The third kappa shape index (κ3) is 2.21. The van der Waals surface area contributed by atoms with Gasteiger partial charge in [-0.1, -0.05) is 0 Å². The van der Waals surface area contributed by atoms with Gasteiger partial charge in [0.2, 0.25) is 5.95 Å². The highest BCUT2D eigenvalue weighted by Gasteiger charge is 2.27. The molecule has 0 bridgehead atoms. The molecule has 0 spiro atoms. The standard InChI is InChI=1S/C7H5F3N2O3/c8-5-1-3(7(9)10)6(12(14)15)4(2-13)11-5/h1,7,13H,2H2. The van der Waals surface area contributed by atoms with Crippen molar-refractivity contribution in [1.82, 2.24) is 4.98 Å². The molecule has 1 rings (SSSR count). The lowest BCUT2D eigenvalue weighted by Crippen LogP contribution is -2.05. The monoisotopic (exact) mass is 222 g/mol. The molecule has 1 aromatic heterocycles. The highest BCUT2D eigenvalue weighted by molar-refractivity contribution is 5.44. The van der Waals surface area contributed by atoms with Crippen LogP contribution in [-0.2, 0) is 6.61 Å². The van der Waals surface area contributed by atoms with Crippen molar-refractivity contribution in [3.63, 3.8) is 0 Å². The first kappa shape index (κ1) is 11.4. The van der Waals surface area contributed by atoms with Crippen molar-refractivity contribution < 1.29 is 23.2 Å². The molecule has 0 unspecified atom stereocenters. The van der Waals surface area contributed by atoms with E-state index in [2.05, 4.69) is 4.98 Å². The first-order chi connectivity index (χ1) is 6.97. The van der Waals surface area contributed by atoms with Gasteiger partial charge >= 0.3 is 5.69 Å². The Morgan fingerprint density at radius 2 is 2.20 bits per heavy atom. The van der Waals surface area contributed by atoms with Gasteiger partial charge in [-0.2, -0.15) is 4.39 Å². The van der Waals surface area contributed by atoms with Crippen molar-refractivity contribution in [3.05, 3.63) is 33.4 Å². The fourth-order valence-electron chi connectivity index (χ4n) is 1.06. The highest BCUT2D eigenvalue weighted by Crippen LogP contribution is 2.31. The van der Waals surface area contributed by atoms with Gasteiger partial charge in [-0.05, 0) is 0 Å². The first-order valence-electron chi connectivity index (χ1n) is 3.70. The van der Waals surface area contributed by atoms with Crippen LogP contribution < -0.4 is 0 Å². The van der Waals surface area contributed by atoms with Crippen LogP contribution in [0.2, 0.25) is 0 Å². The van der Waals surface area contributed by atoms with Crippen LogP contribution in [0.15, 0.2) is 6.07 Å². The molecule has 82 valence electrons. The van der Waals surface area contributed by atoms with E-state index >= 15 is 0 Å². The Morgan fingerprint density at radius 3 is 2.60 bits per heavy atom. The molecule has 0 fully saturated rings. The SMILES string of the molecule is O=[N+]([O-])c1c(C(F)F)cc(F)nc1CO. The third-order valence-electron chi connectivity index (χ3n) is 1.63. The molecule has 15 heavy (non-hydrogen) atoms. The van der Waals surface area contributed by atoms with E-state index in [1.165, 1.54) is 0 Å². The average molecular weight is 222 g/mol. The molecule has 0 saturated carbocycles. The molecule has 5 nitrogen and oxygen atoms in total. The number of nitro groups is 1. The van der Waals surface area contributed by atoms with Crippen LogP contribution >= 0.6 is 0 Å². The number of nitrogens with zero attached hydrogens (tertiary/aromatic N) is 2. The molecule has 0 radical (unpaired) electrons. The average Bonchev–Trinajstić information content (AvgIpc) is 2.15. The van der Waals surface area contributed by atoms with Crippen molar-refractivity contribution in [2.75, 3.05) is 0 Å². The number of halogens is 3. The largest absolute Gasteiger partial charge is 0.390 e. The van der Waals surface area contributed by atoms with E-state index in [1.54, 1.807) is 0 Å². The zero-order chi connectivity index (χ0) is 11.6. The van der Waals surface area contributed by atoms with Gasteiger partial charge in [0.05, 0.1) is 11.5 Å². The maximum absolute atomic E-state index is 12.6. The minimum absolute atomic E-state index is 0.280. The van der Waals surface area contributed by atoms with E-state index < -0.39 is 40.8 Å². The Kier molecular flexibility index (Phi) is 3.20. The second-order valence-corrected chi connectivity index (χ2v) is 2.55. The number of alkyl halides is 2. The van der Waals surface area contributed by atoms with E-state index in [4.69, 9.17) is 5.11 Å². The van der Waals surface area contributed by atoms with Crippen LogP contribution in [0.5, 0.6) is 0 Å². The number of pyridine rings is 1. The fraction of sp³-hybridized carbons (Fsp3) is 0.286. The van der Waals surface area contributed by atoms with Crippen LogP contribution in [0.1, 0.15) is 17.7 Å². The summed E-state index contributed by atoms with van der Waals surface area (Å²) in [6.07, 6.45) is -3.20. The molecule has 0 atom stereocenters. The lowest BCUT2D eigenvalue weighted by atomic mass is 10.2. The normalized spacial score (nSPS) is 10.7. The highest BCUT2D eigenvalue weighted by atomic mass is 19.3. The van der Waals surface area contributed by atoms with Gasteiger partial charge in [0.1, 0.15) is 11.3 Å². The number of aromatic nitrogens is 1. The van der Waals surface area contributed by atoms with Crippen LogP contribution in [0.4, 0.5) is 18.9 Å². The molecule has 1 aromatic rings. The predicted molar refractivity (Wildman–Crippen MR) is 41.7 cm³/mol. The van der Waals surface area contributed by atoms with E-state index in [0.717, 1.165) is 0 Å². The second-order valence-electron chi connectivity index (χ2n) is 2.55. The fourth-order valence-corrected chi connectivity index (χ4v) is 1.06. The lowest BCUT2D eigenvalue weighted by Gasteiger charge is -2.04. The summed E-state index contributed by atoms with van der Waals surface area (Å²) in [5.41, 5.74) is -2.85. The topological polar surface area (TPSA) is 76.3 Å². The molecule has 0 saturated heterocycles. The van der Waals surface area contributed by atoms with Gasteiger partial charge in [0.25, 0.3) is 6.43 Å². The number of hydrogen-bond donors (Lipinski definition) is 1. The number of aliphatic hydroxyl groups excluding tert-OH is 1. The molecule has 0 amide bonds. The summed E-state index contributed by atoms with van der Waals surface area (Å²) in [5.74, 6) is -1.29. The van der Waals surface area contributed by atoms with Crippen LogP contribution in [0, 0.1) is 16.1 Å². The second kappa shape index (κ2) is 4.22. The van der Waals surface area contributed by atoms with Crippen molar-refractivity contribution in [2.24, 2.45) is 0 Å². The number of hydrogen-bond acceptors (Lipinski definition) is 4. The van der Waals surface area contributed by atoms with Gasteiger partial charge in [-0.3, -0.25) is 10.1 Å². The smallest absolute Gasteiger partial charge is 0.302 e. The van der Waals surface area contributed by atoms with Crippen LogP contribution in [0.3, 0.4) is 0 Å². The molecular formula is C7H5F3N2O3. The van der Waals surface area contributed by atoms with E-state index in [1.807, 2.05) is 0 Å². The first-order valence-corrected chi connectivity index (χ1v) is 3.70. The van der Waals surface area contributed by atoms with E-state index in [0.29, 0.717) is 0 Å². The summed E-state index contributed by atoms with van der Waals surface area (Å²) in [6.45, 7) is -0.978. The molecule has 1 heterocycles. The van der Waals surface area contributed by atoms with Crippen molar-refractivity contribution in [3.8, 4) is 0 Å². The van der Waals surface area contributed by atoms with Crippen molar-refractivity contribution in [1.29, 1.82) is 0 Å². The van der Waals surface area contributed by atoms with Crippen molar-refractivity contribution >= 4 is 5.69 Å². The predicted octanol–water partition coefficient (Wildman–Crippen LogP) is 1.56.